The molecule has 3 aromatic carbocycles. The third-order valence-corrected chi connectivity index (χ3v) is 8.89. The first-order valence-electron chi connectivity index (χ1n) is 16.3. The van der Waals surface area contributed by atoms with Crippen molar-refractivity contribution >= 4 is 27.9 Å². The quantitative estimate of drug-likeness (QED) is 0.176. The predicted molar refractivity (Wildman–Crippen MR) is 185 cm³/mol. The molecule has 2 heterocycles. The molecule has 0 bridgehead atoms. The van der Waals surface area contributed by atoms with Gasteiger partial charge in [0, 0.05) is 68.8 Å². The van der Waals surface area contributed by atoms with Gasteiger partial charge in [-0.3, -0.25) is 9.88 Å². The highest BCUT2D eigenvalue weighted by Crippen LogP contribution is 2.34. The summed E-state index contributed by atoms with van der Waals surface area (Å²) in [5.74, 6) is 0.766. The van der Waals surface area contributed by atoms with Crippen molar-refractivity contribution in [3.8, 4) is 5.75 Å². The second kappa shape index (κ2) is 15.2. The van der Waals surface area contributed by atoms with Crippen molar-refractivity contribution in [1.82, 2.24) is 9.88 Å². The van der Waals surface area contributed by atoms with Gasteiger partial charge in [-0.2, -0.15) is 0 Å². The summed E-state index contributed by atoms with van der Waals surface area (Å²) in [7, 11) is 0. The van der Waals surface area contributed by atoms with Gasteiger partial charge in [-0.15, -0.1) is 0 Å². The average molecular weight is 593 g/mol. The third kappa shape index (κ3) is 7.43. The summed E-state index contributed by atoms with van der Waals surface area (Å²) in [4.78, 5) is 11.6. The Labute approximate surface area is 263 Å². The molecule has 1 atom stereocenters. The van der Waals surface area contributed by atoms with Gasteiger partial charge in [0.2, 0.25) is 0 Å². The first-order chi connectivity index (χ1) is 21.5. The summed E-state index contributed by atoms with van der Waals surface area (Å²) in [5.41, 5.74) is 8.83. The van der Waals surface area contributed by atoms with Gasteiger partial charge in [0.15, 0.2) is 0 Å². The number of hydrogen-bond donors (Lipinski definition) is 1. The van der Waals surface area contributed by atoms with Crippen molar-refractivity contribution in [1.29, 1.82) is 0 Å². The molecule has 0 aliphatic carbocycles. The molecular weight excluding hydrogens is 544 g/mol. The molecule has 1 unspecified atom stereocenters. The lowest BCUT2D eigenvalue weighted by atomic mass is 9.88. The van der Waals surface area contributed by atoms with Gasteiger partial charge in [0.05, 0.1) is 5.52 Å². The van der Waals surface area contributed by atoms with E-state index >= 15 is 0 Å². The van der Waals surface area contributed by atoms with E-state index in [1.807, 2.05) is 30.3 Å². The highest BCUT2D eigenvalue weighted by atomic mass is 16.5. The van der Waals surface area contributed by atoms with Gasteiger partial charge < -0.3 is 19.6 Å². The first-order valence-corrected chi connectivity index (χ1v) is 16.3. The Hall–Kier alpha value is -3.87. The fraction of sp³-hybridized carbons (Fsp3) is 0.395. The molecule has 1 N–H and O–H groups in total. The number of anilines is 2. The topological polar surface area (TPSA) is 52.1 Å². The van der Waals surface area contributed by atoms with E-state index in [2.05, 4.69) is 95.9 Å². The standard InChI is InChI=1S/C38H48N4O2/c1-5-41(6-2)32-18-14-29(15-19-32)38(30-16-20-33(21-17-30)42(7-3)8-4)31-22-25-40(26-23-31)27-34(43)28-44-37-13-9-12-36-35(37)11-10-24-39-36/h9-21,24,34,43H,5-8,22-23,25-28H2,1-4H3. The van der Waals surface area contributed by atoms with Crippen LogP contribution in [0.3, 0.4) is 0 Å². The van der Waals surface area contributed by atoms with Gasteiger partial charge in [0.1, 0.15) is 18.5 Å². The third-order valence-electron chi connectivity index (χ3n) is 8.89. The fourth-order valence-corrected chi connectivity index (χ4v) is 6.42. The zero-order valence-electron chi connectivity index (χ0n) is 26.9. The Kier molecular flexibility index (Phi) is 10.9. The second-order valence-electron chi connectivity index (χ2n) is 11.5. The van der Waals surface area contributed by atoms with Crippen LogP contribution in [0.1, 0.15) is 51.7 Å². The van der Waals surface area contributed by atoms with Crippen LogP contribution in [0.4, 0.5) is 11.4 Å². The Morgan fingerprint density at radius 3 is 1.89 bits per heavy atom. The Balaban J connectivity index is 1.30. The zero-order chi connectivity index (χ0) is 30.9. The molecule has 0 radical (unpaired) electrons. The lowest BCUT2D eigenvalue weighted by Gasteiger charge is -2.32. The van der Waals surface area contributed by atoms with Crippen LogP contribution in [-0.4, -0.2) is 73.5 Å². The normalized spacial score (nSPS) is 14.4. The lowest BCUT2D eigenvalue weighted by Crippen LogP contribution is -2.39. The number of rotatable bonds is 13. The Morgan fingerprint density at radius 2 is 1.34 bits per heavy atom. The number of benzene rings is 3. The zero-order valence-corrected chi connectivity index (χ0v) is 26.9. The van der Waals surface area contributed by atoms with Gasteiger partial charge >= 0.3 is 0 Å². The summed E-state index contributed by atoms with van der Waals surface area (Å²) in [6.45, 7) is 15.5. The fourth-order valence-electron chi connectivity index (χ4n) is 6.42. The number of fused-ring (bicyclic) bond motifs is 1. The maximum Gasteiger partial charge on any atom is 0.128 e. The molecule has 44 heavy (non-hydrogen) atoms. The molecule has 6 heteroatoms. The maximum absolute atomic E-state index is 10.9. The van der Waals surface area contributed by atoms with Crippen LogP contribution in [-0.2, 0) is 0 Å². The molecule has 1 aliphatic heterocycles. The van der Waals surface area contributed by atoms with Crippen LogP contribution >= 0.6 is 0 Å². The molecular formula is C38H48N4O2. The molecule has 0 saturated carbocycles. The van der Waals surface area contributed by atoms with Crippen molar-refractivity contribution in [3.63, 3.8) is 0 Å². The van der Waals surface area contributed by atoms with Crippen LogP contribution in [0.5, 0.6) is 5.75 Å². The van der Waals surface area contributed by atoms with Crippen LogP contribution in [0, 0.1) is 0 Å². The SMILES string of the molecule is CCN(CC)c1ccc(C(=C2CCN(CC(O)COc3cccc4ncccc34)CC2)c2ccc(N(CC)CC)cc2)cc1. The van der Waals surface area contributed by atoms with Crippen LogP contribution in [0.15, 0.2) is 90.6 Å². The van der Waals surface area contributed by atoms with E-state index in [1.165, 1.54) is 33.6 Å². The molecule has 232 valence electrons. The maximum atomic E-state index is 10.9. The number of piperidine rings is 1. The number of aliphatic hydroxyl groups is 1. The van der Waals surface area contributed by atoms with Crippen molar-refractivity contribution in [3.05, 3.63) is 102 Å². The summed E-state index contributed by atoms with van der Waals surface area (Å²) >= 11 is 0. The van der Waals surface area contributed by atoms with Crippen molar-refractivity contribution < 1.29 is 9.84 Å². The van der Waals surface area contributed by atoms with E-state index in [4.69, 9.17) is 4.74 Å². The van der Waals surface area contributed by atoms with Crippen LogP contribution in [0.2, 0.25) is 0 Å². The summed E-state index contributed by atoms with van der Waals surface area (Å²) in [6.07, 6.45) is 3.18. The van der Waals surface area contributed by atoms with Gasteiger partial charge in [0.25, 0.3) is 0 Å². The number of nitrogens with zero attached hydrogens (tertiary/aromatic N) is 4. The number of ether oxygens (including phenoxy) is 1. The van der Waals surface area contributed by atoms with Gasteiger partial charge in [-0.1, -0.05) is 35.9 Å². The smallest absolute Gasteiger partial charge is 0.128 e. The second-order valence-corrected chi connectivity index (χ2v) is 11.5. The number of aromatic nitrogens is 1. The number of aliphatic hydroxyl groups excluding tert-OH is 1. The number of pyridine rings is 1. The highest BCUT2D eigenvalue weighted by molar-refractivity contribution is 5.85. The van der Waals surface area contributed by atoms with E-state index in [1.54, 1.807) is 6.20 Å². The van der Waals surface area contributed by atoms with Crippen molar-refractivity contribution in [2.75, 3.05) is 62.2 Å². The molecule has 1 aliphatic rings. The minimum atomic E-state index is -0.563. The van der Waals surface area contributed by atoms with Gasteiger partial charge in [-0.05, 0) is 106 Å². The molecule has 1 fully saturated rings. The van der Waals surface area contributed by atoms with E-state index in [9.17, 15) is 5.11 Å². The number of hydrogen-bond acceptors (Lipinski definition) is 6. The Bertz CT molecular complexity index is 1440. The minimum absolute atomic E-state index is 0.260. The van der Waals surface area contributed by atoms with Crippen molar-refractivity contribution in [2.24, 2.45) is 0 Å². The monoisotopic (exact) mass is 592 g/mol. The number of β-amino-alcohol motifs (C(OH)–C–C–N with tert-alkyl or cyclic N) is 1. The van der Waals surface area contributed by atoms with E-state index in [0.29, 0.717) is 6.54 Å². The summed E-state index contributed by atoms with van der Waals surface area (Å²) in [6, 6.07) is 28.0. The molecule has 1 saturated heterocycles. The molecule has 5 rings (SSSR count). The van der Waals surface area contributed by atoms with Crippen LogP contribution < -0.4 is 14.5 Å². The van der Waals surface area contributed by atoms with E-state index < -0.39 is 6.10 Å². The average Bonchev–Trinajstić information content (AvgIpc) is 3.07. The van der Waals surface area contributed by atoms with E-state index in [-0.39, 0.29) is 6.61 Å². The molecule has 1 aromatic heterocycles. The largest absolute Gasteiger partial charge is 0.490 e. The van der Waals surface area contributed by atoms with Gasteiger partial charge in [-0.25, -0.2) is 0 Å². The lowest BCUT2D eigenvalue weighted by molar-refractivity contribution is 0.0661. The summed E-state index contributed by atoms with van der Waals surface area (Å²) in [5, 5.41) is 11.9. The minimum Gasteiger partial charge on any atom is -0.490 e. The summed E-state index contributed by atoms with van der Waals surface area (Å²) < 4.78 is 6.05. The first kappa shape index (κ1) is 31.6. The molecule has 4 aromatic rings. The Morgan fingerprint density at radius 1 is 0.773 bits per heavy atom. The predicted octanol–water partition coefficient (Wildman–Crippen LogP) is 7.26. The number of likely N-dealkylation sites (tertiary alicyclic amines) is 1. The van der Waals surface area contributed by atoms with Crippen molar-refractivity contribution in [2.45, 2.75) is 46.6 Å². The molecule has 6 nitrogen and oxygen atoms in total. The van der Waals surface area contributed by atoms with E-state index in [0.717, 1.165) is 68.8 Å². The highest BCUT2D eigenvalue weighted by Gasteiger charge is 2.22. The van der Waals surface area contributed by atoms with Crippen LogP contribution in [0.25, 0.3) is 16.5 Å². The molecule has 0 amide bonds. The molecule has 0 spiro atoms.